The molecule has 2 N–H and O–H groups in total. The van der Waals surface area contributed by atoms with E-state index < -0.39 is 11.7 Å². The molecule has 0 aliphatic carbocycles. The summed E-state index contributed by atoms with van der Waals surface area (Å²) in [5.74, 6) is 0.558. The van der Waals surface area contributed by atoms with Gasteiger partial charge in [0.15, 0.2) is 5.82 Å². The van der Waals surface area contributed by atoms with Crippen LogP contribution in [-0.4, -0.2) is 17.3 Å². The molecule has 3 aromatic rings. The van der Waals surface area contributed by atoms with Crippen LogP contribution in [-0.2, 0) is 19.1 Å². The number of nitrogens with one attached hydrogen (secondary N) is 2. The highest BCUT2D eigenvalue weighted by Crippen LogP contribution is 2.33. The van der Waals surface area contributed by atoms with Crippen molar-refractivity contribution in [2.45, 2.75) is 19.1 Å². The van der Waals surface area contributed by atoms with Crippen LogP contribution in [0.2, 0.25) is 5.02 Å². The van der Waals surface area contributed by atoms with Crippen LogP contribution in [0, 0.1) is 11.3 Å². The van der Waals surface area contributed by atoms with Crippen molar-refractivity contribution in [3.63, 3.8) is 0 Å². The van der Waals surface area contributed by atoms with Gasteiger partial charge in [-0.15, -0.1) is 0 Å². The number of benzene rings is 2. The fourth-order valence-electron chi connectivity index (χ4n) is 2.88. The number of aromatic amines is 1. The van der Waals surface area contributed by atoms with Crippen molar-refractivity contribution in [3.8, 4) is 11.8 Å². The molecule has 0 saturated heterocycles. The molecular weight excluding hydrogens is 405 g/mol. The lowest BCUT2D eigenvalue weighted by Gasteiger charge is -2.13. The van der Waals surface area contributed by atoms with Crippen LogP contribution in [0.25, 0.3) is 0 Å². The molecule has 0 saturated carbocycles. The Kier molecular flexibility index (Phi) is 5.99. The van der Waals surface area contributed by atoms with Gasteiger partial charge < -0.3 is 10.1 Å². The van der Waals surface area contributed by atoms with E-state index in [0.717, 1.165) is 17.7 Å². The molecule has 0 atom stereocenters. The SMILES string of the molecule is COc1ccc(C(F)(F)F)cc1CNc1n[nH]c(Cc2cccc(Cl)c2)c1C#N. The summed E-state index contributed by atoms with van der Waals surface area (Å²) in [5.41, 5.74) is 1.28. The zero-order valence-electron chi connectivity index (χ0n) is 15.3. The maximum atomic E-state index is 13.0. The minimum atomic E-state index is -4.46. The van der Waals surface area contributed by atoms with Gasteiger partial charge in [0, 0.05) is 23.6 Å². The third-order valence-electron chi connectivity index (χ3n) is 4.28. The molecule has 1 aromatic heterocycles. The zero-order valence-corrected chi connectivity index (χ0v) is 16.0. The van der Waals surface area contributed by atoms with E-state index in [9.17, 15) is 18.4 Å². The Bertz CT molecular complexity index is 1060. The van der Waals surface area contributed by atoms with Crippen molar-refractivity contribution < 1.29 is 17.9 Å². The molecule has 29 heavy (non-hydrogen) atoms. The lowest BCUT2D eigenvalue weighted by Crippen LogP contribution is -2.09. The van der Waals surface area contributed by atoms with Crippen molar-refractivity contribution in [2.75, 3.05) is 12.4 Å². The number of halogens is 4. The average Bonchev–Trinajstić information content (AvgIpc) is 3.06. The van der Waals surface area contributed by atoms with Gasteiger partial charge in [-0.25, -0.2) is 0 Å². The van der Waals surface area contributed by atoms with Crippen LogP contribution in [0.1, 0.15) is 27.9 Å². The number of nitriles is 1. The predicted molar refractivity (Wildman–Crippen MR) is 103 cm³/mol. The number of H-pyrrole nitrogens is 1. The molecule has 5 nitrogen and oxygen atoms in total. The van der Waals surface area contributed by atoms with Gasteiger partial charge in [-0.3, -0.25) is 5.10 Å². The van der Waals surface area contributed by atoms with Crippen molar-refractivity contribution in [1.82, 2.24) is 10.2 Å². The van der Waals surface area contributed by atoms with Gasteiger partial charge in [-0.1, -0.05) is 23.7 Å². The lowest BCUT2D eigenvalue weighted by molar-refractivity contribution is -0.137. The molecule has 0 spiro atoms. The van der Waals surface area contributed by atoms with Crippen LogP contribution in [0.5, 0.6) is 5.75 Å². The Hall–Kier alpha value is -3.18. The highest BCUT2D eigenvalue weighted by atomic mass is 35.5. The van der Waals surface area contributed by atoms with Crippen LogP contribution >= 0.6 is 11.6 Å². The van der Waals surface area contributed by atoms with Crippen molar-refractivity contribution in [2.24, 2.45) is 0 Å². The largest absolute Gasteiger partial charge is 0.496 e. The molecule has 0 unspecified atom stereocenters. The third-order valence-corrected chi connectivity index (χ3v) is 4.51. The molecule has 0 fully saturated rings. The summed E-state index contributed by atoms with van der Waals surface area (Å²) in [6.45, 7) is 0.00321. The molecular formula is C20H16ClF3N4O. The van der Waals surface area contributed by atoms with Gasteiger partial charge in [-0.05, 0) is 35.9 Å². The van der Waals surface area contributed by atoms with E-state index in [-0.39, 0.29) is 17.9 Å². The Morgan fingerprint density at radius 1 is 1.24 bits per heavy atom. The molecule has 9 heteroatoms. The van der Waals surface area contributed by atoms with E-state index in [0.29, 0.717) is 28.5 Å². The van der Waals surface area contributed by atoms with E-state index in [4.69, 9.17) is 16.3 Å². The molecule has 0 bridgehead atoms. The molecule has 0 radical (unpaired) electrons. The summed E-state index contributed by atoms with van der Waals surface area (Å²) in [6, 6.07) is 12.5. The number of nitrogens with zero attached hydrogens (tertiary/aromatic N) is 2. The Morgan fingerprint density at radius 3 is 2.69 bits per heavy atom. The number of ether oxygens (including phenoxy) is 1. The van der Waals surface area contributed by atoms with Gasteiger partial charge in [0.1, 0.15) is 17.4 Å². The molecule has 0 aliphatic rings. The molecule has 150 valence electrons. The Labute approximate surface area is 170 Å². The number of rotatable bonds is 6. The number of hydrogen-bond acceptors (Lipinski definition) is 4. The molecule has 3 rings (SSSR count). The van der Waals surface area contributed by atoms with Gasteiger partial charge in [0.05, 0.1) is 18.4 Å². The maximum Gasteiger partial charge on any atom is 0.416 e. The number of hydrogen-bond donors (Lipinski definition) is 2. The van der Waals surface area contributed by atoms with Crippen LogP contribution in [0.3, 0.4) is 0 Å². The van der Waals surface area contributed by atoms with E-state index in [1.165, 1.54) is 13.2 Å². The Balaban J connectivity index is 1.81. The smallest absolute Gasteiger partial charge is 0.416 e. The standard InChI is InChI=1S/C20H16ClF3N4O/c1-29-18-6-5-14(20(22,23)24)9-13(18)11-26-19-16(10-25)17(27-28-19)8-12-3-2-4-15(21)7-12/h2-7,9H,8,11H2,1H3,(H2,26,27,28). The number of anilines is 1. The number of aromatic nitrogens is 2. The highest BCUT2D eigenvalue weighted by molar-refractivity contribution is 6.30. The summed E-state index contributed by atoms with van der Waals surface area (Å²) in [6.07, 6.45) is -4.06. The van der Waals surface area contributed by atoms with Gasteiger partial charge >= 0.3 is 6.18 Å². The van der Waals surface area contributed by atoms with Crippen LogP contribution in [0.15, 0.2) is 42.5 Å². The summed E-state index contributed by atoms with van der Waals surface area (Å²) in [5, 5.41) is 19.9. The predicted octanol–water partition coefficient (Wildman–Crippen LogP) is 5.17. The van der Waals surface area contributed by atoms with Gasteiger partial charge in [-0.2, -0.15) is 23.5 Å². The summed E-state index contributed by atoms with van der Waals surface area (Å²) in [4.78, 5) is 0. The van der Waals surface area contributed by atoms with E-state index in [2.05, 4.69) is 21.6 Å². The van der Waals surface area contributed by atoms with Gasteiger partial charge in [0.25, 0.3) is 0 Å². The number of methoxy groups -OCH3 is 1. The fourth-order valence-corrected chi connectivity index (χ4v) is 3.09. The first-order valence-electron chi connectivity index (χ1n) is 8.51. The van der Waals surface area contributed by atoms with Crippen molar-refractivity contribution >= 4 is 17.4 Å². The summed E-state index contributed by atoms with van der Waals surface area (Å²) in [7, 11) is 1.38. The maximum absolute atomic E-state index is 13.0. The minimum Gasteiger partial charge on any atom is -0.496 e. The molecule has 0 amide bonds. The van der Waals surface area contributed by atoms with Crippen LogP contribution in [0.4, 0.5) is 19.0 Å². The topological polar surface area (TPSA) is 73.7 Å². The second-order valence-corrected chi connectivity index (χ2v) is 6.66. The average molecular weight is 421 g/mol. The first-order chi connectivity index (χ1) is 13.8. The van der Waals surface area contributed by atoms with Crippen LogP contribution < -0.4 is 10.1 Å². The molecule has 2 aromatic carbocycles. The molecule has 1 heterocycles. The second-order valence-electron chi connectivity index (χ2n) is 6.22. The molecule has 0 aliphatic heterocycles. The number of alkyl halides is 3. The van der Waals surface area contributed by atoms with Gasteiger partial charge in [0.2, 0.25) is 0 Å². The van der Waals surface area contributed by atoms with E-state index in [1.807, 2.05) is 6.07 Å². The van der Waals surface area contributed by atoms with E-state index in [1.54, 1.807) is 18.2 Å². The fraction of sp³-hybridized carbons (Fsp3) is 0.200. The first-order valence-corrected chi connectivity index (χ1v) is 8.89. The monoisotopic (exact) mass is 420 g/mol. The Morgan fingerprint density at radius 2 is 2.03 bits per heavy atom. The summed E-state index contributed by atoms with van der Waals surface area (Å²) >= 11 is 5.99. The van der Waals surface area contributed by atoms with Crippen molar-refractivity contribution in [3.05, 3.63) is 75.4 Å². The minimum absolute atomic E-state index is 0.00321. The van der Waals surface area contributed by atoms with E-state index >= 15 is 0 Å². The normalized spacial score (nSPS) is 11.2. The lowest BCUT2D eigenvalue weighted by atomic mass is 10.1. The zero-order chi connectivity index (χ0) is 21.0. The van der Waals surface area contributed by atoms with Crippen molar-refractivity contribution in [1.29, 1.82) is 5.26 Å². The quantitative estimate of drug-likeness (QED) is 0.577. The third kappa shape index (κ3) is 4.81. The first kappa shape index (κ1) is 20.6. The highest BCUT2D eigenvalue weighted by Gasteiger charge is 2.31. The summed E-state index contributed by atoms with van der Waals surface area (Å²) < 4.78 is 44.1. The second kappa shape index (κ2) is 8.45.